The van der Waals surface area contributed by atoms with E-state index >= 15 is 0 Å². The predicted molar refractivity (Wildman–Crippen MR) is 77.2 cm³/mol. The van der Waals surface area contributed by atoms with Crippen LogP contribution in [0.3, 0.4) is 0 Å². The number of anilines is 1. The average Bonchev–Trinajstić information content (AvgIpc) is 2.29. The molecule has 0 N–H and O–H groups in total. The Hall–Kier alpha value is -0.640. The molecule has 1 aromatic heterocycles. The molecule has 0 unspecified atom stereocenters. The highest BCUT2D eigenvalue weighted by molar-refractivity contribution is 9.09. The number of aromatic nitrogens is 2. The van der Waals surface area contributed by atoms with Crippen LogP contribution in [-0.4, -0.2) is 28.4 Å². The van der Waals surface area contributed by atoms with E-state index in [0.29, 0.717) is 5.92 Å². The molecule has 3 nitrogen and oxygen atoms in total. The molecule has 0 aliphatic rings. The first-order valence-electron chi connectivity index (χ1n) is 6.25. The van der Waals surface area contributed by atoms with Crippen molar-refractivity contribution in [3.05, 3.63) is 17.5 Å². The van der Waals surface area contributed by atoms with Gasteiger partial charge in [0.25, 0.3) is 0 Å². The van der Waals surface area contributed by atoms with E-state index < -0.39 is 0 Å². The Morgan fingerprint density at radius 2 is 2.06 bits per heavy atom. The van der Waals surface area contributed by atoms with Crippen LogP contribution in [0.2, 0.25) is 0 Å². The summed E-state index contributed by atoms with van der Waals surface area (Å²) < 4.78 is 0. The van der Waals surface area contributed by atoms with Gasteiger partial charge >= 0.3 is 0 Å². The number of aryl methyl sites for hydroxylation is 1. The zero-order chi connectivity index (χ0) is 12.8. The first kappa shape index (κ1) is 14.4. The highest BCUT2D eigenvalue weighted by atomic mass is 79.9. The molecular formula is C13H22BrN3. The van der Waals surface area contributed by atoms with Gasteiger partial charge < -0.3 is 4.90 Å². The van der Waals surface area contributed by atoms with Gasteiger partial charge in [-0.1, -0.05) is 29.8 Å². The highest BCUT2D eigenvalue weighted by Crippen LogP contribution is 2.17. The first-order valence-corrected chi connectivity index (χ1v) is 7.37. The van der Waals surface area contributed by atoms with Crippen molar-refractivity contribution in [3.63, 3.8) is 0 Å². The van der Waals surface area contributed by atoms with Gasteiger partial charge in [0.15, 0.2) is 0 Å². The second-order valence-electron chi connectivity index (χ2n) is 4.51. The number of nitrogens with zero attached hydrogens (tertiary/aromatic N) is 3. The fraction of sp³-hybridized carbons (Fsp3) is 0.692. The Labute approximate surface area is 113 Å². The minimum Gasteiger partial charge on any atom is -0.341 e. The fourth-order valence-electron chi connectivity index (χ4n) is 1.66. The minimum atomic E-state index is 0.449. The average molecular weight is 300 g/mol. The maximum absolute atomic E-state index is 4.66. The SMILES string of the molecule is CCN(CCCBr)c1nc(C)cc(C(C)C)n1. The molecule has 96 valence electrons. The molecule has 1 aromatic rings. The van der Waals surface area contributed by atoms with Crippen LogP contribution >= 0.6 is 15.9 Å². The van der Waals surface area contributed by atoms with Crippen molar-refractivity contribution < 1.29 is 0 Å². The van der Waals surface area contributed by atoms with E-state index in [1.54, 1.807) is 0 Å². The van der Waals surface area contributed by atoms with Crippen molar-refractivity contribution in [1.82, 2.24) is 9.97 Å². The number of rotatable bonds is 6. The second kappa shape index (κ2) is 6.94. The molecule has 0 aromatic carbocycles. The van der Waals surface area contributed by atoms with Crippen molar-refractivity contribution in [2.75, 3.05) is 23.3 Å². The van der Waals surface area contributed by atoms with Gasteiger partial charge in [0, 0.05) is 29.8 Å². The Kier molecular flexibility index (Phi) is 5.89. The van der Waals surface area contributed by atoms with E-state index in [9.17, 15) is 0 Å². The lowest BCUT2D eigenvalue weighted by molar-refractivity contribution is 0.741. The molecule has 0 saturated heterocycles. The molecule has 4 heteroatoms. The third-order valence-corrected chi connectivity index (χ3v) is 3.24. The molecule has 0 amide bonds. The Bertz CT molecular complexity index is 353. The third-order valence-electron chi connectivity index (χ3n) is 2.68. The maximum Gasteiger partial charge on any atom is 0.225 e. The van der Waals surface area contributed by atoms with Crippen molar-refractivity contribution >= 4 is 21.9 Å². The van der Waals surface area contributed by atoms with E-state index in [1.807, 2.05) is 6.92 Å². The molecular weight excluding hydrogens is 278 g/mol. The van der Waals surface area contributed by atoms with Gasteiger partial charge in [-0.05, 0) is 32.3 Å². The predicted octanol–water partition coefficient (Wildman–Crippen LogP) is 3.52. The normalized spacial score (nSPS) is 10.9. The van der Waals surface area contributed by atoms with Crippen LogP contribution in [-0.2, 0) is 0 Å². The smallest absolute Gasteiger partial charge is 0.225 e. The molecule has 0 saturated carbocycles. The third kappa shape index (κ3) is 4.26. The molecule has 0 spiro atoms. The lowest BCUT2D eigenvalue weighted by Gasteiger charge is -2.21. The molecule has 0 atom stereocenters. The Balaban J connectivity index is 2.94. The summed E-state index contributed by atoms with van der Waals surface area (Å²) in [5, 5.41) is 1.02. The first-order chi connectivity index (χ1) is 8.08. The number of halogens is 1. The molecule has 0 bridgehead atoms. The molecule has 1 heterocycles. The maximum atomic E-state index is 4.66. The lowest BCUT2D eigenvalue weighted by Crippen LogP contribution is -2.27. The van der Waals surface area contributed by atoms with E-state index in [0.717, 1.165) is 42.2 Å². The van der Waals surface area contributed by atoms with Crippen LogP contribution in [0.1, 0.15) is 44.5 Å². The van der Waals surface area contributed by atoms with Crippen LogP contribution in [0.5, 0.6) is 0 Å². The van der Waals surface area contributed by atoms with Gasteiger partial charge in [-0.3, -0.25) is 0 Å². The van der Waals surface area contributed by atoms with Gasteiger partial charge in [-0.2, -0.15) is 0 Å². The molecule has 1 rings (SSSR count). The standard InChI is InChI=1S/C13H22BrN3/c1-5-17(8-6-7-14)13-15-11(4)9-12(16-13)10(2)3/h9-10H,5-8H2,1-4H3. The van der Waals surface area contributed by atoms with Crippen molar-refractivity contribution in [2.45, 2.75) is 40.0 Å². The lowest BCUT2D eigenvalue weighted by atomic mass is 10.1. The topological polar surface area (TPSA) is 29.0 Å². The highest BCUT2D eigenvalue weighted by Gasteiger charge is 2.10. The van der Waals surface area contributed by atoms with Crippen molar-refractivity contribution in [2.24, 2.45) is 0 Å². The fourth-order valence-corrected chi connectivity index (χ4v) is 1.91. The molecule has 17 heavy (non-hydrogen) atoms. The molecule has 0 radical (unpaired) electrons. The number of hydrogen-bond acceptors (Lipinski definition) is 3. The number of alkyl halides is 1. The summed E-state index contributed by atoms with van der Waals surface area (Å²) in [6.45, 7) is 10.5. The monoisotopic (exact) mass is 299 g/mol. The van der Waals surface area contributed by atoms with Crippen LogP contribution < -0.4 is 4.90 Å². The van der Waals surface area contributed by atoms with E-state index in [-0.39, 0.29) is 0 Å². The van der Waals surface area contributed by atoms with E-state index in [1.165, 1.54) is 0 Å². The quantitative estimate of drug-likeness (QED) is 0.753. The summed E-state index contributed by atoms with van der Waals surface area (Å²) in [4.78, 5) is 11.4. The van der Waals surface area contributed by atoms with E-state index in [2.05, 4.69) is 57.6 Å². The summed E-state index contributed by atoms with van der Waals surface area (Å²) in [5.74, 6) is 1.32. The molecule has 0 aliphatic carbocycles. The summed E-state index contributed by atoms with van der Waals surface area (Å²) in [5.41, 5.74) is 2.18. The zero-order valence-electron chi connectivity index (χ0n) is 11.2. The van der Waals surface area contributed by atoms with Gasteiger partial charge in [0.05, 0.1) is 0 Å². The van der Waals surface area contributed by atoms with Crippen molar-refractivity contribution in [1.29, 1.82) is 0 Å². The summed E-state index contributed by atoms with van der Waals surface area (Å²) in [7, 11) is 0. The Morgan fingerprint density at radius 3 is 2.59 bits per heavy atom. The van der Waals surface area contributed by atoms with Crippen LogP contribution in [0.15, 0.2) is 6.07 Å². The zero-order valence-corrected chi connectivity index (χ0v) is 12.8. The van der Waals surface area contributed by atoms with Gasteiger partial charge in [-0.15, -0.1) is 0 Å². The number of hydrogen-bond donors (Lipinski definition) is 0. The summed E-state index contributed by atoms with van der Waals surface area (Å²) in [6.07, 6.45) is 1.11. The molecule has 0 fully saturated rings. The second-order valence-corrected chi connectivity index (χ2v) is 5.30. The van der Waals surface area contributed by atoms with Crippen LogP contribution in [0, 0.1) is 6.92 Å². The summed E-state index contributed by atoms with van der Waals surface area (Å²) >= 11 is 3.46. The van der Waals surface area contributed by atoms with Gasteiger partial charge in [0.1, 0.15) is 0 Å². The molecule has 0 aliphatic heterocycles. The van der Waals surface area contributed by atoms with Gasteiger partial charge in [-0.25, -0.2) is 9.97 Å². The van der Waals surface area contributed by atoms with Crippen LogP contribution in [0.25, 0.3) is 0 Å². The summed E-state index contributed by atoms with van der Waals surface area (Å²) in [6, 6.07) is 2.08. The van der Waals surface area contributed by atoms with E-state index in [4.69, 9.17) is 0 Å². The van der Waals surface area contributed by atoms with Crippen molar-refractivity contribution in [3.8, 4) is 0 Å². The minimum absolute atomic E-state index is 0.449. The Morgan fingerprint density at radius 1 is 1.35 bits per heavy atom. The van der Waals surface area contributed by atoms with Crippen LogP contribution in [0.4, 0.5) is 5.95 Å². The largest absolute Gasteiger partial charge is 0.341 e. The van der Waals surface area contributed by atoms with Gasteiger partial charge in [0.2, 0.25) is 5.95 Å².